The van der Waals surface area contributed by atoms with Gasteiger partial charge in [0.05, 0.1) is 24.1 Å². The van der Waals surface area contributed by atoms with Crippen molar-refractivity contribution in [3.8, 4) is 0 Å². The summed E-state index contributed by atoms with van der Waals surface area (Å²) in [6.07, 6.45) is 0.162. The average molecular weight is 423 g/mol. The van der Waals surface area contributed by atoms with Crippen LogP contribution in [0.1, 0.15) is 43.6 Å². The fraction of sp³-hybridized carbons (Fsp3) is 0.545. The van der Waals surface area contributed by atoms with Gasteiger partial charge in [-0.15, -0.1) is 0 Å². The van der Waals surface area contributed by atoms with Gasteiger partial charge in [0, 0.05) is 18.9 Å². The lowest BCUT2D eigenvalue weighted by atomic mass is 9.73. The second kappa shape index (κ2) is 9.20. The number of aryl methyl sites for hydroxylation is 1. The van der Waals surface area contributed by atoms with Crippen LogP contribution in [0.5, 0.6) is 0 Å². The van der Waals surface area contributed by atoms with E-state index < -0.39 is 23.1 Å². The second-order valence-electron chi connectivity index (χ2n) is 7.74. The first kappa shape index (κ1) is 22.3. The number of carbonyl (C=O) groups excluding carboxylic acids is 1. The SMILES string of the molecule is CCOC(=O)C1(Cc2ccccc2C(F)(F)F)CCN(Cc2nccn2CC)CC1. The van der Waals surface area contributed by atoms with Crippen LogP contribution in [-0.4, -0.2) is 40.1 Å². The van der Waals surface area contributed by atoms with Crippen LogP contribution in [-0.2, 0) is 35.2 Å². The lowest BCUT2D eigenvalue weighted by Crippen LogP contribution is -2.46. The number of alkyl halides is 3. The number of halogens is 3. The van der Waals surface area contributed by atoms with Crippen LogP contribution in [0.2, 0.25) is 0 Å². The zero-order valence-electron chi connectivity index (χ0n) is 17.4. The summed E-state index contributed by atoms with van der Waals surface area (Å²) in [4.78, 5) is 19.5. The van der Waals surface area contributed by atoms with Crippen LogP contribution >= 0.6 is 0 Å². The molecule has 0 bridgehead atoms. The molecule has 0 amide bonds. The topological polar surface area (TPSA) is 47.4 Å². The summed E-state index contributed by atoms with van der Waals surface area (Å²) in [6.45, 7) is 6.65. The number of esters is 1. The Bertz CT molecular complexity index is 855. The highest BCUT2D eigenvalue weighted by Gasteiger charge is 2.44. The number of imidazole rings is 1. The van der Waals surface area contributed by atoms with Gasteiger partial charge in [0.25, 0.3) is 0 Å². The van der Waals surface area contributed by atoms with Crippen LogP contribution in [0.25, 0.3) is 0 Å². The third-order valence-electron chi connectivity index (χ3n) is 5.88. The molecule has 1 aromatic carbocycles. The molecular weight excluding hydrogens is 395 g/mol. The molecule has 0 radical (unpaired) electrons. The number of ether oxygens (including phenoxy) is 1. The molecule has 2 aromatic rings. The van der Waals surface area contributed by atoms with Crippen molar-refractivity contribution >= 4 is 5.97 Å². The maximum atomic E-state index is 13.5. The molecule has 0 atom stereocenters. The van der Waals surface area contributed by atoms with Gasteiger partial charge in [0.15, 0.2) is 0 Å². The first-order valence-electron chi connectivity index (χ1n) is 10.3. The minimum absolute atomic E-state index is 0.0267. The van der Waals surface area contributed by atoms with Gasteiger partial charge in [-0.2, -0.15) is 13.2 Å². The van der Waals surface area contributed by atoms with Crippen molar-refractivity contribution in [1.82, 2.24) is 14.5 Å². The summed E-state index contributed by atoms with van der Waals surface area (Å²) in [5.74, 6) is 0.542. The van der Waals surface area contributed by atoms with E-state index in [0.717, 1.165) is 18.4 Å². The Hall–Kier alpha value is -2.35. The molecule has 5 nitrogen and oxygen atoms in total. The number of benzene rings is 1. The van der Waals surface area contributed by atoms with Crippen molar-refractivity contribution in [2.24, 2.45) is 5.41 Å². The molecule has 1 aliphatic rings. The van der Waals surface area contributed by atoms with Gasteiger partial charge >= 0.3 is 12.1 Å². The largest absolute Gasteiger partial charge is 0.466 e. The summed E-state index contributed by atoms with van der Waals surface area (Å²) >= 11 is 0. The number of piperidine rings is 1. The van der Waals surface area contributed by atoms with Gasteiger partial charge in [-0.1, -0.05) is 18.2 Å². The number of likely N-dealkylation sites (tertiary alicyclic amines) is 1. The highest BCUT2D eigenvalue weighted by Crippen LogP contribution is 2.40. The van der Waals surface area contributed by atoms with E-state index >= 15 is 0 Å². The van der Waals surface area contributed by atoms with Crippen LogP contribution in [0.3, 0.4) is 0 Å². The number of hydrogen-bond donors (Lipinski definition) is 0. The molecule has 164 valence electrons. The van der Waals surface area contributed by atoms with Crippen LogP contribution in [0.4, 0.5) is 13.2 Å². The Kier molecular flexibility index (Phi) is 6.85. The third kappa shape index (κ3) is 4.86. The third-order valence-corrected chi connectivity index (χ3v) is 5.88. The first-order valence-corrected chi connectivity index (χ1v) is 10.3. The molecule has 0 unspecified atom stereocenters. The highest BCUT2D eigenvalue weighted by atomic mass is 19.4. The fourth-order valence-electron chi connectivity index (χ4n) is 4.17. The summed E-state index contributed by atoms with van der Waals surface area (Å²) < 4.78 is 47.8. The Morgan fingerprint density at radius 3 is 2.53 bits per heavy atom. The smallest absolute Gasteiger partial charge is 0.416 e. The Labute approximate surface area is 174 Å². The van der Waals surface area contributed by atoms with Gasteiger partial charge in [-0.25, -0.2) is 4.98 Å². The minimum Gasteiger partial charge on any atom is -0.466 e. The van der Waals surface area contributed by atoms with Crippen LogP contribution < -0.4 is 0 Å². The molecule has 30 heavy (non-hydrogen) atoms. The van der Waals surface area contributed by atoms with E-state index in [9.17, 15) is 18.0 Å². The molecular formula is C22H28F3N3O2. The minimum atomic E-state index is -4.45. The van der Waals surface area contributed by atoms with Crippen LogP contribution in [0, 0.1) is 5.41 Å². The first-order chi connectivity index (χ1) is 14.3. The molecule has 0 aliphatic carbocycles. The quantitative estimate of drug-likeness (QED) is 0.623. The maximum absolute atomic E-state index is 13.5. The standard InChI is InChI=1S/C22H28F3N3O2/c1-3-28-14-11-26-19(28)16-27-12-9-21(10-13-27,20(29)30-4-2)15-17-7-5-6-8-18(17)22(23,24)25/h5-8,11,14H,3-4,9-10,12-13,15-16H2,1-2H3. The van der Waals surface area contributed by atoms with E-state index in [1.54, 1.807) is 19.2 Å². The van der Waals surface area contributed by atoms with Crippen molar-refractivity contribution in [3.63, 3.8) is 0 Å². The second-order valence-corrected chi connectivity index (χ2v) is 7.74. The number of carbonyl (C=O) groups is 1. The number of hydrogen-bond acceptors (Lipinski definition) is 4. The van der Waals surface area contributed by atoms with Gasteiger partial charge in [0.2, 0.25) is 0 Å². The molecule has 2 heterocycles. The molecule has 0 spiro atoms. The molecule has 0 saturated carbocycles. The van der Waals surface area contributed by atoms with E-state index in [2.05, 4.69) is 14.5 Å². The van der Waals surface area contributed by atoms with E-state index in [0.29, 0.717) is 32.5 Å². The highest BCUT2D eigenvalue weighted by molar-refractivity contribution is 5.77. The normalized spacial score (nSPS) is 17.1. The van der Waals surface area contributed by atoms with E-state index in [-0.39, 0.29) is 18.6 Å². The Balaban J connectivity index is 1.79. The molecule has 8 heteroatoms. The van der Waals surface area contributed by atoms with Crippen molar-refractivity contribution < 1.29 is 22.7 Å². The maximum Gasteiger partial charge on any atom is 0.416 e. The molecule has 1 aromatic heterocycles. The summed E-state index contributed by atoms with van der Waals surface area (Å²) in [6, 6.07) is 5.51. The van der Waals surface area contributed by atoms with Crippen molar-refractivity contribution in [3.05, 3.63) is 53.6 Å². The Morgan fingerprint density at radius 2 is 1.90 bits per heavy atom. The van der Waals surface area contributed by atoms with Gasteiger partial charge < -0.3 is 9.30 Å². The summed E-state index contributed by atoms with van der Waals surface area (Å²) in [5.41, 5.74) is -1.48. The lowest BCUT2D eigenvalue weighted by molar-refractivity contribution is -0.159. The molecule has 1 fully saturated rings. The zero-order chi connectivity index (χ0) is 21.8. The van der Waals surface area contributed by atoms with Gasteiger partial charge in [0.1, 0.15) is 5.82 Å². The average Bonchev–Trinajstić information content (AvgIpc) is 3.16. The molecule has 1 saturated heterocycles. The van der Waals surface area contributed by atoms with E-state index in [1.165, 1.54) is 12.1 Å². The summed E-state index contributed by atoms with van der Waals surface area (Å²) in [7, 11) is 0. The predicted octanol–water partition coefficient (Wildman–Crippen LogP) is 4.31. The van der Waals surface area contributed by atoms with E-state index in [1.807, 2.05) is 13.1 Å². The molecule has 3 rings (SSSR count). The number of nitrogens with zero attached hydrogens (tertiary/aromatic N) is 3. The van der Waals surface area contributed by atoms with Crippen molar-refractivity contribution in [2.45, 2.75) is 52.4 Å². The number of rotatable bonds is 7. The Morgan fingerprint density at radius 1 is 1.20 bits per heavy atom. The molecule has 1 aliphatic heterocycles. The van der Waals surface area contributed by atoms with Crippen molar-refractivity contribution in [2.75, 3.05) is 19.7 Å². The van der Waals surface area contributed by atoms with Crippen molar-refractivity contribution in [1.29, 1.82) is 0 Å². The zero-order valence-corrected chi connectivity index (χ0v) is 17.4. The van der Waals surface area contributed by atoms with Crippen LogP contribution in [0.15, 0.2) is 36.7 Å². The predicted molar refractivity (Wildman–Crippen MR) is 107 cm³/mol. The monoisotopic (exact) mass is 423 g/mol. The van der Waals surface area contributed by atoms with E-state index in [4.69, 9.17) is 4.74 Å². The summed E-state index contributed by atoms with van der Waals surface area (Å²) in [5, 5.41) is 0. The molecule has 0 N–H and O–H groups in total. The van der Waals surface area contributed by atoms with Gasteiger partial charge in [-0.05, 0) is 57.8 Å². The lowest BCUT2D eigenvalue weighted by Gasteiger charge is -2.40. The number of aromatic nitrogens is 2. The fourth-order valence-corrected chi connectivity index (χ4v) is 4.17. The van der Waals surface area contributed by atoms with Gasteiger partial charge in [-0.3, -0.25) is 9.69 Å².